The van der Waals surface area contributed by atoms with Crippen molar-refractivity contribution >= 4 is 0 Å². The van der Waals surface area contributed by atoms with Crippen molar-refractivity contribution in [1.29, 1.82) is 0 Å². The summed E-state index contributed by atoms with van der Waals surface area (Å²) in [7, 11) is 0. The zero-order chi connectivity index (χ0) is 15.9. The number of benzene rings is 1. The van der Waals surface area contributed by atoms with Crippen molar-refractivity contribution in [2.45, 2.75) is 26.1 Å². The first-order valence-corrected chi connectivity index (χ1v) is 8.32. The van der Waals surface area contributed by atoms with Crippen LogP contribution in [0.15, 0.2) is 48.8 Å². The number of hydrogen-bond acceptors (Lipinski definition) is 4. The molecule has 2 aromatic rings. The summed E-state index contributed by atoms with van der Waals surface area (Å²) < 4.78 is 5.41. The Labute approximate surface area is 138 Å². The lowest BCUT2D eigenvalue weighted by Crippen LogP contribution is -2.35. The van der Waals surface area contributed by atoms with Gasteiger partial charge in [-0.05, 0) is 29.7 Å². The average Bonchev–Trinajstić information content (AvgIpc) is 2.62. The van der Waals surface area contributed by atoms with Crippen molar-refractivity contribution in [3.63, 3.8) is 0 Å². The van der Waals surface area contributed by atoms with Gasteiger partial charge in [-0.15, -0.1) is 0 Å². The Morgan fingerprint density at radius 3 is 2.78 bits per heavy atom. The first-order valence-electron chi connectivity index (χ1n) is 8.32. The summed E-state index contributed by atoms with van der Waals surface area (Å²) in [5, 5.41) is 3.57. The molecule has 2 heterocycles. The van der Waals surface area contributed by atoms with E-state index in [4.69, 9.17) is 4.74 Å². The van der Waals surface area contributed by atoms with E-state index in [0.29, 0.717) is 6.04 Å². The molecule has 23 heavy (non-hydrogen) atoms. The molecule has 0 spiro atoms. The number of rotatable bonds is 6. The summed E-state index contributed by atoms with van der Waals surface area (Å²) in [6.45, 7) is 7.81. The van der Waals surface area contributed by atoms with Gasteiger partial charge >= 0.3 is 0 Å². The van der Waals surface area contributed by atoms with Gasteiger partial charge in [-0.1, -0.05) is 30.3 Å². The quantitative estimate of drug-likeness (QED) is 0.890. The number of pyridine rings is 1. The van der Waals surface area contributed by atoms with Gasteiger partial charge in [0.05, 0.1) is 13.2 Å². The first kappa shape index (κ1) is 16.1. The minimum atomic E-state index is 0.298. The van der Waals surface area contributed by atoms with Crippen LogP contribution in [0.5, 0.6) is 0 Å². The fraction of sp³-hybridized carbons (Fsp3) is 0.421. The Bertz CT molecular complexity index is 597. The molecule has 1 saturated heterocycles. The van der Waals surface area contributed by atoms with E-state index in [2.05, 4.69) is 52.5 Å². The minimum absolute atomic E-state index is 0.298. The molecular weight excluding hydrogens is 286 g/mol. The molecule has 0 bridgehead atoms. The normalized spacial score (nSPS) is 17.1. The molecule has 4 heteroatoms. The summed E-state index contributed by atoms with van der Waals surface area (Å²) in [5.74, 6) is 0. The lowest BCUT2D eigenvalue weighted by atomic mass is 10.1. The Kier molecular flexibility index (Phi) is 5.75. The van der Waals surface area contributed by atoms with E-state index in [1.807, 2.05) is 18.5 Å². The maximum absolute atomic E-state index is 5.41. The highest BCUT2D eigenvalue weighted by Crippen LogP contribution is 2.13. The van der Waals surface area contributed by atoms with Crippen molar-refractivity contribution < 1.29 is 4.74 Å². The number of nitrogens with zero attached hydrogens (tertiary/aromatic N) is 2. The van der Waals surface area contributed by atoms with Crippen LogP contribution in [0.4, 0.5) is 0 Å². The van der Waals surface area contributed by atoms with Crippen LogP contribution in [0.2, 0.25) is 0 Å². The zero-order valence-electron chi connectivity index (χ0n) is 13.7. The van der Waals surface area contributed by atoms with Gasteiger partial charge in [0.1, 0.15) is 0 Å². The largest absolute Gasteiger partial charge is 0.379 e. The third-order valence-electron chi connectivity index (χ3n) is 4.30. The van der Waals surface area contributed by atoms with Crippen LogP contribution in [0.3, 0.4) is 0 Å². The van der Waals surface area contributed by atoms with E-state index >= 15 is 0 Å². The van der Waals surface area contributed by atoms with Gasteiger partial charge in [0, 0.05) is 44.6 Å². The van der Waals surface area contributed by atoms with Crippen molar-refractivity contribution in [3.8, 4) is 0 Å². The zero-order valence-corrected chi connectivity index (χ0v) is 13.7. The molecule has 0 radical (unpaired) electrons. The number of morpholine rings is 1. The predicted molar refractivity (Wildman–Crippen MR) is 92.0 cm³/mol. The van der Waals surface area contributed by atoms with Crippen molar-refractivity contribution in [1.82, 2.24) is 15.2 Å². The highest BCUT2D eigenvalue weighted by molar-refractivity contribution is 5.24. The summed E-state index contributed by atoms with van der Waals surface area (Å²) in [4.78, 5) is 6.64. The number of ether oxygens (including phenoxy) is 1. The van der Waals surface area contributed by atoms with E-state index in [1.54, 1.807) is 0 Å². The molecule has 1 aromatic carbocycles. The van der Waals surface area contributed by atoms with Gasteiger partial charge in [0.15, 0.2) is 0 Å². The standard InChI is InChI=1S/C19H25N3O/c1-16(19-6-3-7-20-14-19)21-13-17-4-2-5-18(12-17)15-22-8-10-23-11-9-22/h2-7,12,14,16,21H,8-11,13,15H2,1H3/t16-/m0/s1. The number of hydrogen-bond donors (Lipinski definition) is 1. The van der Waals surface area contributed by atoms with Crippen LogP contribution in [0.1, 0.15) is 29.7 Å². The minimum Gasteiger partial charge on any atom is -0.379 e. The molecule has 1 aliphatic rings. The van der Waals surface area contributed by atoms with E-state index in [9.17, 15) is 0 Å². The Morgan fingerprint density at radius 2 is 2.00 bits per heavy atom. The highest BCUT2D eigenvalue weighted by atomic mass is 16.5. The van der Waals surface area contributed by atoms with Crippen molar-refractivity contribution in [2.75, 3.05) is 26.3 Å². The molecule has 0 unspecified atom stereocenters. The van der Waals surface area contributed by atoms with Crippen LogP contribution < -0.4 is 5.32 Å². The van der Waals surface area contributed by atoms with Crippen LogP contribution in [-0.4, -0.2) is 36.2 Å². The van der Waals surface area contributed by atoms with Crippen molar-refractivity contribution in [3.05, 3.63) is 65.5 Å². The fourth-order valence-corrected chi connectivity index (χ4v) is 2.88. The third-order valence-corrected chi connectivity index (χ3v) is 4.30. The van der Waals surface area contributed by atoms with Crippen molar-refractivity contribution in [2.24, 2.45) is 0 Å². The van der Waals surface area contributed by atoms with Crippen LogP contribution in [0.25, 0.3) is 0 Å². The average molecular weight is 311 g/mol. The molecule has 0 aliphatic carbocycles. The summed E-state index contributed by atoms with van der Waals surface area (Å²) in [6.07, 6.45) is 3.73. The third kappa shape index (κ3) is 4.86. The molecule has 1 N–H and O–H groups in total. The van der Waals surface area contributed by atoms with E-state index < -0.39 is 0 Å². The smallest absolute Gasteiger partial charge is 0.0594 e. The van der Waals surface area contributed by atoms with E-state index in [1.165, 1.54) is 16.7 Å². The molecule has 4 nitrogen and oxygen atoms in total. The summed E-state index contributed by atoms with van der Waals surface area (Å²) >= 11 is 0. The van der Waals surface area contributed by atoms with Gasteiger partial charge in [0.2, 0.25) is 0 Å². The Balaban J connectivity index is 1.55. The molecule has 122 valence electrons. The molecule has 0 amide bonds. The molecule has 1 fully saturated rings. The van der Waals surface area contributed by atoms with Gasteiger partial charge < -0.3 is 10.1 Å². The predicted octanol–water partition coefficient (Wildman–Crippen LogP) is 2.76. The molecular formula is C19H25N3O. The van der Waals surface area contributed by atoms with Gasteiger partial charge in [-0.2, -0.15) is 0 Å². The molecule has 3 rings (SSSR count). The highest BCUT2D eigenvalue weighted by Gasteiger charge is 2.11. The Morgan fingerprint density at radius 1 is 1.17 bits per heavy atom. The number of nitrogens with one attached hydrogen (secondary N) is 1. The maximum Gasteiger partial charge on any atom is 0.0594 e. The second kappa shape index (κ2) is 8.20. The Hall–Kier alpha value is -1.75. The molecule has 1 atom stereocenters. The first-order chi connectivity index (χ1) is 11.3. The van der Waals surface area contributed by atoms with Crippen LogP contribution >= 0.6 is 0 Å². The van der Waals surface area contributed by atoms with Crippen LogP contribution in [-0.2, 0) is 17.8 Å². The van der Waals surface area contributed by atoms with Crippen LogP contribution in [0, 0.1) is 0 Å². The summed E-state index contributed by atoms with van der Waals surface area (Å²) in [5.41, 5.74) is 3.92. The second-order valence-corrected chi connectivity index (χ2v) is 6.10. The lowest BCUT2D eigenvalue weighted by Gasteiger charge is -2.26. The maximum atomic E-state index is 5.41. The number of aromatic nitrogens is 1. The topological polar surface area (TPSA) is 37.4 Å². The molecule has 0 saturated carbocycles. The second-order valence-electron chi connectivity index (χ2n) is 6.10. The summed E-state index contributed by atoms with van der Waals surface area (Å²) in [6, 6.07) is 13.2. The van der Waals surface area contributed by atoms with E-state index in [0.717, 1.165) is 39.4 Å². The SMILES string of the molecule is C[C@H](NCc1cccc(CN2CCOCC2)c1)c1cccnc1. The molecule has 1 aliphatic heterocycles. The lowest BCUT2D eigenvalue weighted by molar-refractivity contribution is 0.0342. The molecule has 1 aromatic heterocycles. The van der Waals surface area contributed by atoms with E-state index in [-0.39, 0.29) is 0 Å². The van der Waals surface area contributed by atoms with Gasteiger partial charge in [0.25, 0.3) is 0 Å². The monoisotopic (exact) mass is 311 g/mol. The van der Waals surface area contributed by atoms with Gasteiger partial charge in [-0.25, -0.2) is 0 Å². The fourth-order valence-electron chi connectivity index (χ4n) is 2.88. The van der Waals surface area contributed by atoms with Gasteiger partial charge in [-0.3, -0.25) is 9.88 Å².